The molecule has 1 heterocycles. The van der Waals surface area contributed by atoms with Gasteiger partial charge in [0.25, 0.3) is 0 Å². The highest BCUT2D eigenvalue weighted by atomic mass is 16.5. The predicted molar refractivity (Wildman–Crippen MR) is 79.0 cm³/mol. The summed E-state index contributed by atoms with van der Waals surface area (Å²) in [4.78, 5) is 15.8. The number of aliphatic imine (C=N–C) groups is 1. The molecule has 1 N–H and O–H groups in total. The van der Waals surface area contributed by atoms with Crippen LogP contribution in [-0.2, 0) is 9.53 Å². The number of nitrogens with zero attached hydrogens (tertiary/aromatic N) is 1. The van der Waals surface area contributed by atoms with Crippen LogP contribution in [0.4, 0.5) is 0 Å². The molecule has 0 saturated heterocycles. The van der Waals surface area contributed by atoms with Gasteiger partial charge in [-0.25, -0.2) is 9.79 Å². The van der Waals surface area contributed by atoms with E-state index in [1.165, 1.54) is 13.2 Å². The number of hydrogen-bond donors (Lipinski definition) is 1. The molecular weight excluding hydrogens is 270 g/mol. The SMILES string of the molecule is C=C1Oc2ccccc2C(O)N=C1/C=C(\CC)C(=O)OC. The molecule has 1 atom stereocenters. The largest absolute Gasteiger partial charge is 0.466 e. The van der Waals surface area contributed by atoms with E-state index in [0.717, 1.165) is 0 Å². The average Bonchev–Trinajstić information content (AvgIpc) is 2.61. The Morgan fingerprint density at radius 2 is 2.24 bits per heavy atom. The molecule has 2 rings (SSSR count). The minimum atomic E-state index is -1.07. The van der Waals surface area contributed by atoms with E-state index in [0.29, 0.717) is 29.0 Å². The van der Waals surface area contributed by atoms with Crippen molar-refractivity contribution in [3.63, 3.8) is 0 Å². The lowest BCUT2D eigenvalue weighted by Gasteiger charge is -2.08. The highest BCUT2D eigenvalue weighted by Gasteiger charge is 2.21. The minimum absolute atomic E-state index is 0.272. The molecule has 110 valence electrons. The minimum Gasteiger partial charge on any atom is -0.466 e. The summed E-state index contributed by atoms with van der Waals surface area (Å²) >= 11 is 0. The molecule has 5 nitrogen and oxygen atoms in total. The number of carbonyl (C=O) groups is 1. The van der Waals surface area contributed by atoms with Crippen molar-refractivity contribution in [1.82, 2.24) is 0 Å². The fourth-order valence-corrected chi connectivity index (χ4v) is 1.96. The van der Waals surface area contributed by atoms with Gasteiger partial charge in [0.2, 0.25) is 0 Å². The van der Waals surface area contributed by atoms with E-state index < -0.39 is 12.2 Å². The maximum absolute atomic E-state index is 11.6. The Hall–Kier alpha value is -2.40. The quantitative estimate of drug-likeness (QED) is 0.685. The summed E-state index contributed by atoms with van der Waals surface area (Å²) in [6.45, 7) is 5.63. The Morgan fingerprint density at radius 1 is 1.52 bits per heavy atom. The zero-order valence-electron chi connectivity index (χ0n) is 12.0. The fraction of sp³-hybridized carbons (Fsp3) is 0.250. The lowest BCUT2D eigenvalue weighted by Crippen LogP contribution is -2.10. The first-order chi connectivity index (χ1) is 10.1. The van der Waals surface area contributed by atoms with Crippen molar-refractivity contribution in [2.24, 2.45) is 4.99 Å². The van der Waals surface area contributed by atoms with E-state index in [1.807, 2.05) is 6.92 Å². The number of fused-ring (bicyclic) bond motifs is 1. The van der Waals surface area contributed by atoms with Gasteiger partial charge in [-0.15, -0.1) is 0 Å². The van der Waals surface area contributed by atoms with Gasteiger partial charge in [-0.05, 0) is 18.6 Å². The van der Waals surface area contributed by atoms with Crippen molar-refractivity contribution < 1.29 is 19.4 Å². The van der Waals surface area contributed by atoms with Gasteiger partial charge < -0.3 is 14.6 Å². The number of rotatable bonds is 3. The standard InChI is InChI=1S/C16H17NO4/c1-4-11(16(19)20-3)9-13-10(2)21-14-8-6-5-7-12(14)15(18)17-13/h5-9,15,18H,2,4H2,1,3H3/b11-9+. The number of hydrogen-bond acceptors (Lipinski definition) is 5. The van der Waals surface area contributed by atoms with Gasteiger partial charge in [-0.2, -0.15) is 0 Å². The predicted octanol–water partition coefficient (Wildman–Crippen LogP) is 2.53. The Labute approximate surface area is 123 Å². The van der Waals surface area contributed by atoms with E-state index in [9.17, 15) is 9.90 Å². The van der Waals surface area contributed by atoms with Crippen molar-refractivity contribution >= 4 is 11.7 Å². The van der Waals surface area contributed by atoms with Crippen LogP contribution in [0.3, 0.4) is 0 Å². The number of allylic oxidation sites excluding steroid dienone is 1. The Balaban J connectivity index is 2.40. The highest BCUT2D eigenvalue weighted by Crippen LogP contribution is 2.31. The van der Waals surface area contributed by atoms with Gasteiger partial charge in [0.05, 0.1) is 7.11 Å². The maximum Gasteiger partial charge on any atom is 0.333 e. The lowest BCUT2D eigenvalue weighted by molar-refractivity contribution is -0.136. The summed E-state index contributed by atoms with van der Waals surface area (Å²) < 4.78 is 10.3. The Bertz CT molecular complexity index is 631. The number of para-hydroxylation sites is 1. The highest BCUT2D eigenvalue weighted by molar-refractivity contribution is 6.10. The van der Waals surface area contributed by atoms with Crippen LogP contribution >= 0.6 is 0 Å². The Kier molecular flexibility index (Phi) is 4.55. The summed E-state index contributed by atoms with van der Waals surface area (Å²) in [6.07, 6.45) is 0.938. The van der Waals surface area contributed by atoms with E-state index in [4.69, 9.17) is 9.47 Å². The first-order valence-electron chi connectivity index (χ1n) is 6.57. The summed E-state index contributed by atoms with van der Waals surface area (Å²) in [5, 5.41) is 10.2. The van der Waals surface area contributed by atoms with Crippen LogP contribution < -0.4 is 4.74 Å². The van der Waals surface area contributed by atoms with Gasteiger partial charge in [0, 0.05) is 11.1 Å². The van der Waals surface area contributed by atoms with Crippen LogP contribution in [0.1, 0.15) is 25.1 Å². The molecule has 1 aromatic rings. The number of aliphatic hydroxyl groups excluding tert-OH is 1. The molecule has 0 bridgehead atoms. The zero-order valence-corrected chi connectivity index (χ0v) is 12.0. The number of aliphatic hydroxyl groups is 1. The summed E-state index contributed by atoms with van der Waals surface area (Å²) in [7, 11) is 1.32. The molecule has 0 saturated carbocycles. The molecule has 0 amide bonds. The third-order valence-electron chi connectivity index (χ3n) is 3.12. The summed E-state index contributed by atoms with van der Waals surface area (Å²) in [6, 6.07) is 7.04. The van der Waals surface area contributed by atoms with E-state index in [-0.39, 0.29) is 5.76 Å². The molecule has 1 aliphatic rings. The van der Waals surface area contributed by atoms with Crippen LogP contribution in [0.25, 0.3) is 0 Å². The smallest absolute Gasteiger partial charge is 0.333 e. The molecule has 0 aromatic heterocycles. The third-order valence-corrected chi connectivity index (χ3v) is 3.12. The first-order valence-corrected chi connectivity index (χ1v) is 6.57. The Morgan fingerprint density at radius 3 is 2.90 bits per heavy atom. The van der Waals surface area contributed by atoms with Gasteiger partial charge in [0.1, 0.15) is 17.2 Å². The van der Waals surface area contributed by atoms with E-state index in [1.54, 1.807) is 24.3 Å². The monoisotopic (exact) mass is 287 g/mol. The summed E-state index contributed by atoms with van der Waals surface area (Å²) in [5.41, 5.74) is 1.30. The summed E-state index contributed by atoms with van der Waals surface area (Å²) in [5.74, 6) is 0.330. The lowest BCUT2D eigenvalue weighted by atomic mass is 10.1. The number of esters is 1. The molecule has 5 heteroatoms. The molecule has 1 aliphatic heterocycles. The van der Waals surface area contributed by atoms with Crippen LogP contribution in [0.5, 0.6) is 5.75 Å². The van der Waals surface area contributed by atoms with Crippen molar-refractivity contribution in [3.8, 4) is 5.75 Å². The molecule has 1 unspecified atom stereocenters. The number of ether oxygens (including phenoxy) is 2. The second-order valence-electron chi connectivity index (χ2n) is 4.47. The maximum atomic E-state index is 11.6. The van der Waals surface area contributed by atoms with Gasteiger partial charge in [-0.1, -0.05) is 31.7 Å². The second kappa shape index (κ2) is 6.37. The third kappa shape index (κ3) is 3.20. The topological polar surface area (TPSA) is 68.1 Å². The number of carbonyl (C=O) groups excluding carboxylic acids is 1. The second-order valence-corrected chi connectivity index (χ2v) is 4.47. The number of benzene rings is 1. The van der Waals surface area contributed by atoms with Crippen LogP contribution in [0.2, 0.25) is 0 Å². The van der Waals surface area contributed by atoms with Crippen LogP contribution in [0, 0.1) is 0 Å². The molecular formula is C16H17NO4. The fourth-order valence-electron chi connectivity index (χ4n) is 1.96. The zero-order chi connectivity index (χ0) is 15.4. The molecule has 0 spiro atoms. The average molecular weight is 287 g/mol. The molecule has 1 aromatic carbocycles. The van der Waals surface area contributed by atoms with E-state index in [2.05, 4.69) is 11.6 Å². The van der Waals surface area contributed by atoms with Crippen molar-refractivity contribution in [1.29, 1.82) is 0 Å². The first kappa shape index (κ1) is 15.0. The van der Waals surface area contributed by atoms with Gasteiger partial charge >= 0.3 is 5.97 Å². The molecule has 0 aliphatic carbocycles. The normalized spacial score (nSPS) is 18.2. The molecule has 21 heavy (non-hydrogen) atoms. The van der Waals surface area contributed by atoms with Crippen LogP contribution in [0.15, 0.2) is 53.2 Å². The van der Waals surface area contributed by atoms with Gasteiger partial charge in [-0.3, -0.25) is 0 Å². The van der Waals surface area contributed by atoms with Crippen LogP contribution in [-0.4, -0.2) is 23.9 Å². The van der Waals surface area contributed by atoms with Crippen molar-refractivity contribution in [3.05, 3.63) is 53.8 Å². The van der Waals surface area contributed by atoms with Gasteiger partial charge in [0.15, 0.2) is 6.23 Å². The number of methoxy groups -OCH3 is 1. The molecule has 0 radical (unpaired) electrons. The van der Waals surface area contributed by atoms with Crippen molar-refractivity contribution in [2.75, 3.05) is 7.11 Å². The van der Waals surface area contributed by atoms with E-state index >= 15 is 0 Å². The molecule has 0 fully saturated rings. The van der Waals surface area contributed by atoms with Crippen molar-refractivity contribution in [2.45, 2.75) is 19.6 Å².